The average Bonchev–Trinajstić information content (AvgIpc) is 3.03. The maximum Gasteiger partial charge on any atom is 0.363 e. The minimum Gasteiger partial charge on any atom is -0.494 e. The summed E-state index contributed by atoms with van der Waals surface area (Å²) in [6.45, 7) is 2.83. The molecule has 0 N–H and O–H groups in total. The quantitative estimate of drug-likeness (QED) is 0.418. The van der Waals surface area contributed by atoms with Crippen LogP contribution in [0.15, 0.2) is 59.2 Å². The Hall–Kier alpha value is -3.08. The molecule has 0 saturated carbocycles. The topological polar surface area (TPSA) is 51.1 Å². The van der Waals surface area contributed by atoms with Crippen LogP contribution in [0.2, 0.25) is 0 Å². The fraction of sp³-hybridized carbons (Fsp3) is 0.273. The molecule has 0 fully saturated rings. The fourth-order valence-corrected chi connectivity index (χ4v) is 2.59. The number of nitrogens with zero attached hydrogens (tertiary/aromatic N) is 2. The van der Waals surface area contributed by atoms with E-state index in [2.05, 4.69) is 11.9 Å². The first-order chi connectivity index (χ1) is 13.1. The minimum absolute atomic E-state index is 0.297. The molecule has 0 spiro atoms. The highest BCUT2D eigenvalue weighted by molar-refractivity contribution is 6.12. The first-order valence-electron chi connectivity index (χ1n) is 9.10. The van der Waals surface area contributed by atoms with Crippen LogP contribution in [0.4, 0.5) is 5.69 Å². The summed E-state index contributed by atoms with van der Waals surface area (Å²) in [4.78, 5) is 18.5. The van der Waals surface area contributed by atoms with E-state index in [1.165, 1.54) is 0 Å². The van der Waals surface area contributed by atoms with Crippen molar-refractivity contribution in [1.29, 1.82) is 0 Å². The first kappa shape index (κ1) is 18.7. The van der Waals surface area contributed by atoms with E-state index in [1.54, 1.807) is 6.08 Å². The number of esters is 1. The highest BCUT2D eigenvalue weighted by atomic mass is 16.6. The van der Waals surface area contributed by atoms with Gasteiger partial charge in [0.25, 0.3) is 0 Å². The molecule has 0 unspecified atom stereocenters. The zero-order chi connectivity index (χ0) is 19.2. The number of carbonyl (C=O) groups is 1. The summed E-state index contributed by atoms with van der Waals surface area (Å²) in [6, 6.07) is 15.3. The van der Waals surface area contributed by atoms with Gasteiger partial charge >= 0.3 is 5.97 Å². The first-order valence-corrected chi connectivity index (χ1v) is 9.10. The molecule has 1 aliphatic heterocycles. The van der Waals surface area contributed by atoms with Gasteiger partial charge in [-0.1, -0.05) is 25.5 Å². The standard InChI is InChI=1S/C22H24N2O3/c1-4-5-14-26-19-12-8-17(9-13-19)21-23-20(22(25)27-21)15-16-6-10-18(11-7-16)24(2)3/h6-13,15H,4-5,14H2,1-3H3/b20-15-. The monoisotopic (exact) mass is 364 g/mol. The van der Waals surface area contributed by atoms with Crippen LogP contribution in [-0.4, -0.2) is 32.6 Å². The zero-order valence-corrected chi connectivity index (χ0v) is 15.9. The van der Waals surface area contributed by atoms with Crippen molar-refractivity contribution in [2.75, 3.05) is 25.6 Å². The van der Waals surface area contributed by atoms with Crippen LogP contribution in [0.1, 0.15) is 30.9 Å². The maximum atomic E-state index is 12.1. The third-order valence-electron chi connectivity index (χ3n) is 4.20. The second-order valence-corrected chi connectivity index (χ2v) is 6.55. The predicted octanol–water partition coefficient (Wildman–Crippen LogP) is 4.28. The SMILES string of the molecule is CCCCOc1ccc(C2=N/C(=C\c3ccc(N(C)C)cc3)C(=O)O2)cc1. The van der Waals surface area contributed by atoms with Crippen molar-refractivity contribution in [1.82, 2.24) is 0 Å². The molecular formula is C22H24N2O3. The second kappa shape index (κ2) is 8.54. The van der Waals surface area contributed by atoms with Crippen LogP contribution in [-0.2, 0) is 9.53 Å². The number of cyclic esters (lactones) is 1. The Morgan fingerprint density at radius 2 is 1.78 bits per heavy atom. The van der Waals surface area contributed by atoms with E-state index in [4.69, 9.17) is 9.47 Å². The van der Waals surface area contributed by atoms with Crippen LogP contribution in [0, 0.1) is 0 Å². The van der Waals surface area contributed by atoms with Crippen LogP contribution in [0.25, 0.3) is 6.08 Å². The van der Waals surface area contributed by atoms with Crippen molar-refractivity contribution < 1.29 is 14.3 Å². The Morgan fingerprint density at radius 1 is 1.07 bits per heavy atom. The van der Waals surface area contributed by atoms with Crippen molar-refractivity contribution in [2.45, 2.75) is 19.8 Å². The van der Waals surface area contributed by atoms with E-state index in [0.717, 1.165) is 35.4 Å². The third kappa shape index (κ3) is 4.76. The van der Waals surface area contributed by atoms with E-state index < -0.39 is 5.97 Å². The van der Waals surface area contributed by atoms with Crippen LogP contribution in [0.3, 0.4) is 0 Å². The number of rotatable bonds is 7. The van der Waals surface area contributed by atoms with E-state index in [0.29, 0.717) is 18.2 Å². The smallest absolute Gasteiger partial charge is 0.363 e. The molecule has 2 aromatic rings. The predicted molar refractivity (Wildman–Crippen MR) is 108 cm³/mol. The maximum absolute atomic E-state index is 12.1. The van der Waals surface area contributed by atoms with Gasteiger partial charge in [-0.2, -0.15) is 0 Å². The summed E-state index contributed by atoms with van der Waals surface area (Å²) in [5, 5.41) is 0. The van der Waals surface area contributed by atoms with Crippen molar-refractivity contribution in [3.05, 3.63) is 65.4 Å². The second-order valence-electron chi connectivity index (χ2n) is 6.55. The number of carbonyl (C=O) groups excluding carboxylic acids is 1. The lowest BCUT2D eigenvalue weighted by Gasteiger charge is -2.11. The minimum atomic E-state index is -0.440. The van der Waals surface area contributed by atoms with Gasteiger partial charge in [-0.3, -0.25) is 0 Å². The molecule has 0 saturated heterocycles. The molecule has 0 bridgehead atoms. The molecule has 1 heterocycles. The van der Waals surface area contributed by atoms with Crippen molar-refractivity contribution >= 4 is 23.6 Å². The number of hydrogen-bond donors (Lipinski definition) is 0. The molecule has 0 radical (unpaired) electrons. The summed E-state index contributed by atoms with van der Waals surface area (Å²) in [5.41, 5.74) is 3.04. The van der Waals surface area contributed by atoms with Crippen LogP contribution in [0.5, 0.6) is 5.75 Å². The lowest BCUT2D eigenvalue weighted by atomic mass is 10.1. The van der Waals surface area contributed by atoms with Gasteiger partial charge < -0.3 is 14.4 Å². The van der Waals surface area contributed by atoms with E-state index in [1.807, 2.05) is 67.5 Å². The Labute approximate surface area is 159 Å². The van der Waals surface area contributed by atoms with Crippen LogP contribution < -0.4 is 9.64 Å². The average molecular weight is 364 g/mol. The molecule has 0 atom stereocenters. The number of hydrogen-bond acceptors (Lipinski definition) is 5. The van der Waals surface area contributed by atoms with Gasteiger partial charge in [-0.15, -0.1) is 0 Å². The normalized spacial score (nSPS) is 14.9. The van der Waals surface area contributed by atoms with Crippen molar-refractivity contribution in [3.8, 4) is 5.75 Å². The van der Waals surface area contributed by atoms with Gasteiger partial charge in [-0.05, 0) is 54.5 Å². The molecule has 140 valence electrons. The van der Waals surface area contributed by atoms with E-state index >= 15 is 0 Å². The molecule has 1 aliphatic rings. The van der Waals surface area contributed by atoms with Crippen molar-refractivity contribution in [2.24, 2.45) is 4.99 Å². The fourth-order valence-electron chi connectivity index (χ4n) is 2.59. The number of unbranched alkanes of at least 4 members (excludes halogenated alkanes) is 1. The van der Waals surface area contributed by atoms with Gasteiger partial charge in [0, 0.05) is 25.3 Å². The summed E-state index contributed by atoms with van der Waals surface area (Å²) < 4.78 is 11.0. The van der Waals surface area contributed by atoms with E-state index in [9.17, 15) is 4.79 Å². The summed E-state index contributed by atoms with van der Waals surface area (Å²) >= 11 is 0. The molecule has 0 amide bonds. The molecule has 27 heavy (non-hydrogen) atoms. The largest absolute Gasteiger partial charge is 0.494 e. The molecule has 5 heteroatoms. The van der Waals surface area contributed by atoms with Gasteiger partial charge in [0.2, 0.25) is 5.90 Å². The van der Waals surface area contributed by atoms with Gasteiger partial charge in [0.05, 0.1) is 6.61 Å². The third-order valence-corrected chi connectivity index (χ3v) is 4.20. The molecular weight excluding hydrogens is 340 g/mol. The highest BCUT2D eigenvalue weighted by Gasteiger charge is 2.24. The molecule has 5 nitrogen and oxygen atoms in total. The molecule has 3 rings (SSSR count). The lowest BCUT2D eigenvalue weighted by Crippen LogP contribution is -2.08. The Morgan fingerprint density at radius 3 is 2.41 bits per heavy atom. The summed E-state index contributed by atoms with van der Waals surface area (Å²) in [6.07, 6.45) is 3.85. The number of aliphatic imine (C=N–C) groups is 1. The Balaban J connectivity index is 1.73. The summed E-state index contributed by atoms with van der Waals surface area (Å²) in [5.74, 6) is 0.676. The number of ether oxygens (including phenoxy) is 2. The molecule has 0 aromatic heterocycles. The molecule has 0 aliphatic carbocycles. The van der Waals surface area contributed by atoms with Gasteiger partial charge in [-0.25, -0.2) is 9.79 Å². The van der Waals surface area contributed by atoms with Crippen molar-refractivity contribution in [3.63, 3.8) is 0 Å². The Kier molecular flexibility index (Phi) is 5.91. The molecule has 2 aromatic carbocycles. The summed E-state index contributed by atoms with van der Waals surface area (Å²) in [7, 11) is 3.97. The van der Waals surface area contributed by atoms with Gasteiger partial charge in [0.15, 0.2) is 5.70 Å². The number of anilines is 1. The van der Waals surface area contributed by atoms with Crippen LogP contribution >= 0.6 is 0 Å². The zero-order valence-electron chi connectivity index (χ0n) is 15.9. The van der Waals surface area contributed by atoms with Gasteiger partial charge in [0.1, 0.15) is 5.75 Å². The van der Waals surface area contributed by atoms with E-state index in [-0.39, 0.29) is 0 Å². The lowest BCUT2D eigenvalue weighted by molar-refractivity contribution is -0.129. The highest BCUT2D eigenvalue weighted by Crippen LogP contribution is 2.22. The Bertz CT molecular complexity index is 850. The number of benzene rings is 2.